The maximum atomic E-state index is 14.2. The van der Waals surface area contributed by atoms with Gasteiger partial charge in [-0.1, -0.05) is 6.07 Å². The molecule has 1 unspecified atom stereocenters. The van der Waals surface area contributed by atoms with Crippen molar-refractivity contribution < 1.29 is 4.39 Å². The molecule has 2 rings (SSSR count). The molecule has 0 saturated heterocycles. The van der Waals surface area contributed by atoms with Crippen LogP contribution in [-0.4, -0.2) is 0 Å². The van der Waals surface area contributed by atoms with E-state index in [9.17, 15) is 4.39 Å². The average Bonchev–Trinajstić information content (AvgIpc) is 2.69. The van der Waals surface area contributed by atoms with Gasteiger partial charge in [-0.15, -0.1) is 11.3 Å². The number of benzene rings is 1. The van der Waals surface area contributed by atoms with Crippen molar-refractivity contribution in [3.05, 3.63) is 55.4 Å². The fraction of sp³-hybridized carbons (Fsp3) is 0.231. The molecule has 2 aromatic rings. The number of thiophene rings is 1. The van der Waals surface area contributed by atoms with Gasteiger partial charge in [0.2, 0.25) is 0 Å². The lowest BCUT2D eigenvalue weighted by Gasteiger charge is -2.19. The topological polar surface area (TPSA) is 38.0 Å². The maximum Gasteiger partial charge on any atom is 0.128 e. The lowest BCUT2D eigenvalue weighted by atomic mass is 9.98. The standard InChI is InChI=1S/C13H14BrFN2S/c1-7-5-8(2)11(10(15)6-7)12(17-16)13-9(14)3-4-18-13/h3-6,12,17H,16H2,1-2H3. The van der Waals surface area contributed by atoms with Gasteiger partial charge in [0, 0.05) is 14.9 Å². The molecule has 18 heavy (non-hydrogen) atoms. The zero-order valence-electron chi connectivity index (χ0n) is 10.1. The van der Waals surface area contributed by atoms with Crippen LogP contribution in [0.5, 0.6) is 0 Å². The van der Waals surface area contributed by atoms with Crippen molar-refractivity contribution in [1.82, 2.24) is 5.43 Å². The largest absolute Gasteiger partial charge is 0.271 e. The minimum Gasteiger partial charge on any atom is -0.271 e. The van der Waals surface area contributed by atoms with E-state index in [0.29, 0.717) is 5.56 Å². The number of hydrogen-bond donors (Lipinski definition) is 2. The van der Waals surface area contributed by atoms with Crippen molar-refractivity contribution in [2.24, 2.45) is 5.84 Å². The Kier molecular flexibility index (Phi) is 4.17. The molecule has 0 radical (unpaired) electrons. The first-order chi connectivity index (χ1) is 8.54. The summed E-state index contributed by atoms with van der Waals surface area (Å²) in [6, 6.07) is 5.10. The van der Waals surface area contributed by atoms with Crippen LogP contribution in [0.15, 0.2) is 28.1 Å². The molecule has 1 atom stereocenters. The van der Waals surface area contributed by atoms with Crippen molar-refractivity contribution in [2.45, 2.75) is 19.9 Å². The average molecular weight is 329 g/mol. The first-order valence-corrected chi connectivity index (χ1v) is 7.17. The van der Waals surface area contributed by atoms with Crippen LogP contribution >= 0.6 is 27.3 Å². The third-order valence-corrected chi connectivity index (χ3v) is 4.78. The molecule has 0 spiro atoms. The van der Waals surface area contributed by atoms with Gasteiger partial charge in [-0.3, -0.25) is 5.84 Å². The molecule has 1 heterocycles. The highest BCUT2D eigenvalue weighted by molar-refractivity contribution is 9.10. The zero-order chi connectivity index (χ0) is 13.3. The number of aryl methyl sites for hydroxylation is 2. The predicted octanol–water partition coefficient (Wildman–Crippen LogP) is 3.82. The molecule has 0 aliphatic carbocycles. The van der Waals surface area contributed by atoms with Gasteiger partial charge in [0.15, 0.2) is 0 Å². The molecule has 0 aliphatic heterocycles. The zero-order valence-corrected chi connectivity index (χ0v) is 12.5. The molecular weight excluding hydrogens is 315 g/mol. The van der Waals surface area contributed by atoms with Crippen LogP contribution in [0, 0.1) is 19.7 Å². The third-order valence-electron chi connectivity index (χ3n) is 2.84. The van der Waals surface area contributed by atoms with Gasteiger partial charge >= 0.3 is 0 Å². The molecule has 0 fully saturated rings. The van der Waals surface area contributed by atoms with Crippen LogP contribution in [-0.2, 0) is 0 Å². The lowest BCUT2D eigenvalue weighted by Crippen LogP contribution is -2.29. The van der Waals surface area contributed by atoms with Crippen LogP contribution in [0.25, 0.3) is 0 Å². The van der Waals surface area contributed by atoms with Crippen molar-refractivity contribution in [3.63, 3.8) is 0 Å². The first kappa shape index (κ1) is 13.7. The summed E-state index contributed by atoms with van der Waals surface area (Å²) in [5.74, 6) is 5.38. The minimum atomic E-state index is -0.333. The van der Waals surface area contributed by atoms with E-state index in [1.54, 1.807) is 11.3 Å². The minimum absolute atomic E-state index is 0.226. The third kappa shape index (κ3) is 2.49. The highest BCUT2D eigenvalue weighted by atomic mass is 79.9. The van der Waals surface area contributed by atoms with Gasteiger partial charge in [-0.25, -0.2) is 9.82 Å². The molecule has 1 aromatic heterocycles. The van der Waals surface area contributed by atoms with E-state index in [2.05, 4.69) is 21.4 Å². The van der Waals surface area contributed by atoms with Gasteiger partial charge in [0.1, 0.15) is 5.82 Å². The molecule has 3 N–H and O–H groups in total. The van der Waals surface area contributed by atoms with Crippen molar-refractivity contribution in [2.75, 3.05) is 0 Å². The second-order valence-electron chi connectivity index (χ2n) is 4.21. The summed E-state index contributed by atoms with van der Waals surface area (Å²) in [6.45, 7) is 3.78. The number of halogens is 2. The summed E-state index contributed by atoms with van der Waals surface area (Å²) in [5.41, 5.74) is 5.12. The molecule has 0 aliphatic rings. The number of nitrogens with two attached hydrogens (primary N) is 1. The number of hydrazine groups is 1. The summed E-state index contributed by atoms with van der Waals surface area (Å²) in [6.07, 6.45) is 0. The second-order valence-corrected chi connectivity index (χ2v) is 6.01. The monoisotopic (exact) mass is 328 g/mol. The van der Waals surface area contributed by atoms with Crippen LogP contribution in [0.1, 0.15) is 27.6 Å². The van der Waals surface area contributed by atoms with E-state index < -0.39 is 0 Å². The normalized spacial score (nSPS) is 12.7. The van der Waals surface area contributed by atoms with Crippen LogP contribution in [0.4, 0.5) is 4.39 Å². The Bertz CT molecular complexity index is 545. The highest BCUT2D eigenvalue weighted by Gasteiger charge is 2.22. The van der Waals surface area contributed by atoms with E-state index >= 15 is 0 Å². The molecule has 2 nitrogen and oxygen atoms in total. The van der Waals surface area contributed by atoms with E-state index in [-0.39, 0.29) is 11.9 Å². The van der Waals surface area contributed by atoms with Gasteiger partial charge in [0.05, 0.1) is 6.04 Å². The van der Waals surface area contributed by atoms with Gasteiger partial charge in [-0.05, 0) is 58.4 Å². The summed E-state index contributed by atoms with van der Waals surface area (Å²) < 4.78 is 15.1. The fourth-order valence-electron chi connectivity index (χ4n) is 2.09. The van der Waals surface area contributed by atoms with Gasteiger partial charge < -0.3 is 0 Å². The summed E-state index contributed by atoms with van der Waals surface area (Å²) >= 11 is 5.00. The Balaban J connectivity index is 2.56. The van der Waals surface area contributed by atoms with Crippen LogP contribution < -0.4 is 11.3 Å². The van der Waals surface area contributed by atoms with Crippen molar-refractivity contribution in [1.29, 1.82) is 0 Å². The molecule has 0 amide bonds. The Morgan fingerprint density at radius 2 is 2.11 bits per heavy atom. The molecular formula is C13H14BrFN2S. The summed E-state index contributed by atoms with van der Waals surface area (Å²) in [7, 11) is 0. The summed E-state index contributed by atoms with van der Waals surface area (Å²) in [4.78, 5) is 0.975. The highest BCUT2D eigenvalue weighted by Crippen LogP contribution is 2.35. The maximum absolute atomic E-state index is 14.2. The van der Waals surface area contributed by atoms with Crippen molar-refractivity contribution >= 4 is 27.3 Å². The molecule has 5 heteroatoms. The van der Waals surface area contributed by atoms with E-state index in [1.165, 1.54) is 6.07 Å². The number of rotatable bonds is 3. The second kappa shape index (κ2) is 5.48. The predicted molar refractivity (Wildman–Crippen MR) is 77.1 cm³/mol. The Morgan fingerprint density at radius 3 is 2.61 bits per heavy atom. The number of nitrogens with one attached hydrogen (secondary N) is 1. The summed E-state index contributed by atoms with van der Waals surface area (Å²) in [5, 5.41) is 1.95. The lowest BCUT2D eigenvalue weighted by molar-refractivity contribution is 0.559. The SMILES string of the molecule is Cc1cc(C)c(C(NN)c2sccc2Br)c(F)c1. The molecule has 0 bridgehead atoms. The first-order valence-electron chi connectivity index (χ1n) is 5.50. The van der Waals surface area contributed by atoms with Crippen molar-refractivity contribution in [3.8, 4) is 0 Å². The Labute approximate surface area is 118 Å². The Hall–Kier alpha value is -0.750. The van der Waals surface area contributed by atoms with Gasteiger partial charge in [0.25, 0.3) is 0 Å². The van der Waals surface area contributed by atoms with Gasteiger partial charge in [-0.2, -0.15) is 0 Å². The van der Waals surface area contributed by atoms with Crippen LogP contribution in [0.2, 0.25) is 0 Å². The van der Waals surface area contributed by atoms with E-state index in [0.717, 1.165) is 20.5 Å². The number of hydrogen-bond acceptors (Lipinski definition) is 3. The molecule has 0 saturated carbocycles. The van der Waals surface area contributed by atoms with Crippen LogP contribution in [0.3, 0.4) is 0 Å². The van der Waals surface area contributed by atoms with E-state index in [1.807, 2.05) is 31.4 Å². The smallest absolute Gasteiger partial charge is 0.128 e. The molecule has 1 aromatic carbocycles. The van der Waals surface area contributed by atoms with E-state index in [4.69, 9.17) is 5.84 Å². The fourth-order valence-corrected chi connectivity index (χ4v) is 3.76. The quantitative estimate of drug-likeness (QED) is 0.664. The molecule has 96 valence electrons. The Morgan fingerprint density at radius 1 is 1.39 bits per heavy atom.